The first-order chi connectivity index (χ1) is 13.1. The van der Waals surface area contributed by atoms with E-state index in [1.165, 1.54) is 5.56 Å². The highest BCUT2D eigenvalue weighted by molar-refractivity contribution is 5.74. The average molecular weight is 367 g/mol. The van der Waals surface area contributed by atoms with E-state index in [9.17, 15) is 4.79 Å². The molecule has 1 aliphatic rings. The van der Waals surface area contributed by atoms with Crippen LogP contribution in [0.15, 0.2) is 48.5 Å². The number of rotatable bonds is 6. The standard InChI is InChI=1S/C22H29N3O2/c1-16-8-4-5-9-19(16)17(2)24-22(26)23-14-18-12-13-25(15-18)20-10-6-7-11-21(20)27-3/h4-11,17-18H,12-15H2,1-3H3,(H2,23,24,26). The van der Waals surface area contributed by atoms with Gasteiger partial charge >= 0.3 is 6.03 Å². The highest BCUT2D eigenvalue weighted by Crippen LogP contribution is 2.31. The molecule has 2 unspecified atom stereocenters. The first-order valence-corrected chi connectivity index (χ1v) is 9.56. The summed E-state index contributed by atoms with van der Waals surface area (Å²) in [7, 11) is 1.70. The Morgan fingerprint density at radius 2 is 1.96 bits per heavy atom. The van der Waals surface area contributed by atoms with Gasteiger partial charge in [-0.25, -0.2) is 4.79 Å². The van der Waals surface area contributed by atoms with Crippen molar-refractivity contribution in [3.8, 4) is 5.75 Å². The van der Waals surface area contributed by atoms with Crippen LogP contribution in [-0.4, -0.2) is 32.8 Å². The first kappa shape index (κ1) is 19.1. The number of ether oxygens (including phenoxy) is 1. The Hall–Kier alpha value is -2.69. The number of para-hydroxylation sites is 2. The Balaban J connectivity index is 1.48. The predicted octanol–water partition coefficient (Wildman–Crippen LogP) is 3.89. The van der Waals surface area contributed by atoms with Crippen LogP contribution in [0.4, 0.5) is 10.5 Å². The summed E-state index contributed by atoms with van der Waals surface area (Å²) in [6.07, 6.45) is 1.06. The molecule has 27 heavy (non-hydrogen) atoms. The minimum atomic E-state index is -0.110. The fourth-order valence-electron chi connectivity index (χ4n) is 3.74. The third kappa shape index (κ3) is 4.73. The molecule has 0 radical (unpaired) electrons. The number of hydrogen-bond acceptors (Lipinski definition) is 3. The number of anilines is 1. The Morgan fingerprint density at radius 1 is 1.22 bits per heavy atom. The van der Waals surface area contributed by atoms with Gasteiger partial charge in [0.2, 0.25) is 0 Å². The van der Waals surface area contributed by atoms with Gasteiger partial charge in [0.15, 0.2) is 0 Å². The summed E-state index contributed by atoms with van der Waals surface area (Å²) in [4.78, 5) is 14.6. The molecular formula is C22H29N3O2. The fourth-order valence-corrected chi connectivity index (χ4v) is 3.74. The SMILES string of the molecule is COc1ccccc1N1CCC(CNC(=O)NC(C)c2ccccc2C)C1. The van der Waals surface area contributed by atoms with E-state index in [4.69, 9.17) is 4.74 Å². The number of aryl methyl sites for hydroxylation is 1. The maximum atomic E-state index is 12.3. The van der Waals surface area contributed by atoms with E-state index in [1.54, 1.807) is 7.11 Å². The van der Waals surface area contributed by atoms with Gasteiger partial charge in [-0.1, -0.05) is 36.4 Å². The second-order valence-corrected chi connectivity index (χ2v) is 7.21. The molecule has 0 aliphatic carbocycles. The molecule has 5 heteroatoms. The van der Waals surface area contributed by atoms with Crippen LogP contribution in [0.5, 0.6) is 5.75 Å². The van der Waals surface area contributed by atoms with Crippen molar-refractivity contribution >= 4 is 11.7 Å². The monoisotopic (exact) mass is 367 g/mol. The molecule has 0 spiro atoms. The third-order valence-corrected chi connectivity index (χ3v) is 5.27. The van der Waals surface area contributed by atoms with E-state index < -0.39 is 0 Å². The van der Waals surface area contributed by atoms with Crippen molar-refractivity contribution in [1.82, 2.24) is 10.6 Å². The second-order valence-electron chi connectivity index (χ2n) is 7.21. The smallest absolute Gasteiger partial charge is 0.315 e. The van der Waals surface area contributed by atoms with Crippen molar-refractivity contribution in [2.75, 3.05) is 31.6 Å². The lowest BCUT2D eigenvalue weighted by Gasteiger charge is -2.21. The van der Waals surface area contributed by atoms with Crippen LogP contribution in [0.3, 0.4) is 0 Å². The van der Waals surface area contributed by atoms with Crippen LogP contribution in [0.1, 0.15) is 30.5 Å². The van der Waals surface area contributed by atoms with Gasteiger partial charge in [0.1, 0.15) is 5.75 Å². The molecule has 2 aromatic rings. The van der Waals surface area contributed by atoms with Gasteiger partial charge in [0.05, 0.1) is 18.8 Å². The van der Waals surface area contributed by atoms with E-state index in [1.807, 2.05) is 37.3 Å². The normalized spacial score (nSPS) is 17.4. The Labute approximate surface area is 161 Å². The number of hydrogen-bond donors (Lipinski definition) is 2. The van der Waals surface area contributed by atoms with Gasteiger partial charge in [-0.05, 0) is 49.4 Å². The van der Waals surface area contributed by atoms with E-state index in [2.05, 4.69) is 40.7 Å². The lowest BCUT2D eigenvalue weighted by atomic mass is 10.0. The lowest BCUT2D eigenvalue weighted by molar-refractivity contribution is 0.236. The first-order valence-electron chi connectivity index (χ1n) is 9.56. The second kappa shape index (κ2) is 8.80. The number of carbonyl (C=O) groups excluding carboxylic acids is 1. The largest absolute Gasteiger partial charge is 0.495 e. The summed E-state index contributed by atoms with van der Waals surface area (Å²) in [5, 5.41) is 6.08. The molecule has 2 N–H and O–H groups in total. The van der Waals surface area contributed by atoms with E-state index in [-0.39, 0.29) is 12.1 Å². The molecule has 0 aromatic heterocycles. The number of nitrogens with one attached hydrogen (secondary N) is 2. The minimum Gasteiger partial charge on any atom is -0.495 e. The van der Waals surface area contributed by atoms with Crippen LogP contribution in [0, 0.1) is 12.8 Å². The number of carbonyl (C=O) groups is 1. The maximum absolute atomic E-state index is 12.3. The summed E-state index contributed by atoms with van der Waals surface area (Å²) in [6, 6.07) is 16.1. The van der Waals surface area contributed by atoms with Crippen molar-refractivity contribution in [3.05, 3.63) is 59.7 Å². The van der Waals surface area contributed by atoms with Crippen LogP contribution in [0.2, 0.25) is 0 Å². The van der Waals surface area contributed by atoms with Crippen LogP contribution >= 0.6 is 0 Å². The zero-order valence-corrected chi connectivity index (χ0v) is 16.4. The molecule has 5 nitrogen and oxygen atoms in total. The number of benzene rings is 2. The van der Waals surface area contributed by atoms with Gasteiger partial charge in [-0.3, -0.25) is 0 Å². The number of urea groups is 1. The summed E-state index contributed by atoms with van der Waals surface area (Å²) in [5.74, 6) is 1.34. The highest BCUT2D eigenvalue weighted by Gasteiger charge is 2.25. The number of amides is 2. The molecule has 2 amide bonds. The molecule has 2 atom stereocenters. The van der Waals surface area contributed by atoms with Crippen molar-refractivity contribution in [2.24, 2.45) is 5.92 Å². The summed E-state index contributed by atoms with van der Waals surface area (Å²) in [6.45, 7) is 6.66. The van der Waals surface area contributed by atoms with Gasteiger partial charge < -0.3 is 20.3 Å². The van der Waals surface area contributed by atoms with E-state index in [0.717, 1.165) is 36.5 Å². The summed E-state index contributed by atoms with van der Waals surface area (Å²) < 4.78 is 5.47. The van der Waals surface area contributed by atoms with Gasteiger partial charge in [-0.15, -0.1) is 0 Å². The van der Waals surface area contributed by atoms with Crippen molar-refractivity contribution in [1.29, 1.82) is 0 Å². The zero-order valence-electron chi connectivity index (χ0n) is 16.4. The molecule has 0 bridgehead atoms. The quantitative estimate of drug-likeness (QED) is 0.814. The van der Waals surface area contributed by atoms with Crippen LogP contribution < -0.4 is 20.3 Å². The minimum absolute atomic E-state index is 0.0140. The zero-order chi connectivity index (χ0) is 19.2. The van der Waals surface area contributed by atoms with Gasteiger partial charge in [0, 0.05) is 19.6 Å². The topological polar surface area (TPSA) is 53.6 Å². The van der Waals surface area contributed by atoms with Gasteiger partial charge in [-0.2, -0.15) is 0 Å². The van der Waals surface area contributed by atoms with E-state index >= 15 is 0 Å². The van der Waals surface area contributed by atoms with Crippen LogP contribution in [-0.2, 0) is 0 Å². The Morgan fingerprint density at radius 3 is 2.74 bits per heavy atom. The fraction of sp³-hybridized carbons (Fsp3) is 0.409. The van der Waals surface area contributed by atoms with Crippen molar-refractivity contribution in [3.63, 3.8) is 0 Å². The molecule has 2 aromatic carbocycles. The molecule has 3 rings (SSSR count). The average Bonchev–Trinajstić information content (AvgIpc) is 3.15. The molecule has 1 fully saturated rings. The third-order valence-electron chi connectivity index (χ3n) is 5.27. The molecule has 1 aliphatic heterocycles. The lowest BCUT2D eigenvalue weighted by Crippen LogP contribution is -2.40. The summed E-state index contributed by atoms with van der Waals surface area (Å²) >= 11 is 0. The molecule has 0 saturated carbocycles. The van der Waals surface area contributed by atoms with Crippen molar-refractivity contribution in [2.45, 2.75) is 26.3 Å². The van der Waals surface area contributed by atoms with Crippen molar-refractivity contribution < 1.29 is 9.53 Å². The van der Waals surface area contributed by atoms with Gasteiger partial charge in [0.25, 0.3) is 0 Å². The number of nitrogens with zero attached hydrogens (tertiary/aromatic N) is 1. The van der Waals surface area contributed by atoms with Crippen LogP contribution in [0.25, 0.3) is 0 Å². The molecule has 144 valence electrons. The van der Waals surface area contributed by atoms with E-state index in [0.29, 0.717) is 12.5 Å². The summed E-state index contributed by atoms with van der Waals surface area (Å²) in [5.41, 5.74) is 3.46. The molecule has 1 saturated heterocycles. The number of methoxy groups -OCH3 is 1. The molecule has 1 heterocycles. The Bertz CT molecular complexity index is 778. The maximum Gasteiger partial charge on any atom is 0.315 e. The Kier molecular flexibility index (Phi) is 6.22. The predicted molar refractivity (Wildman–Crippen MR) is 109 cm³/mol. The highest BCUT2D eigenvalue weighted by atomic mass is 16.5. The molecular weight excluding hydrogens is 338 g/mol.